The maximum Gasteiger partial charge on any atom is 0.259 e. The summed E-state index contributed by atoms with van der Waals surface area (Å²) >= 11 is 0. The van der Waals surface area contributed by atoms with Gasteiger partial charge in [0.15, 0.2) is 5.82 Å². The molecule has 1 aromatic carbocycles. The van der Waals surface area contributed by atoms with Crippen molar-refractivity contribution in [2.45, 2.75) is 45.2 Å². The van der Waals surface area contributed by atoms with Crippen LogP contribution in [0, 0.1) is 6.92 Å². The quantitative estimate of drug-likeness (QED) is 0.628. The number of carbonyl (C=O) groups is 2. The number of anilines is 1. The molecule has 4 rings (SSSR count). The number of nitrogens with zero attached hydrogens (tertiary/aromatic N) is 4. The second-order valence-electron chi connectivity index (χ2n) is 8.13. The molecule has 1 saturated heterocycles. The Morgan fingerprint density at radius 1 is 1.09 bits per heavy atom. The van der Waals surface area contributed by atoms with E-state index in [1.54, 1.807) is 25.3 Å². The molecule has 0 aliphatic carbocycles. The zero-order valence-corrected chi connectivity index (χ0v) is 18.6. The Bertz CT molecular complexity index is 1190. The molecule has 3 aromatic rings. The average molecular weight is 446 g/mol. The van der Waals surface area contributed by atoms with E-state index < -0.39 is 0 Å². The fourth-order valence-corrected chi connectivity index (χ4v) is 4.09. The van der Waals surface area contributed by atoms with Crippen molar-refractivity contribution in [2.24, 2.45) is 0 Å². The molecule has 0 bridgehead atoms. The Morgan fingerprint density at radius 2 is 1.88 bits per heavy atom. The van der Waals surface area contributed by atoms with Crippen LogP contribution in [0.5, 0.6) is 0 Å². The number of carbonyl (C=O) groups excluding carboxylic acids is 2. The number of amides is 2. The highest BCUT2D eigenvalue weighted by molar-refractivity contribution is 6.04. The fraction of sp³-hybridized carbons (Fsp3) is 0.320. The number of nitrogens with one attached hydrogen (secondary N) is 1. The van der Waals surface area contributed by atoms with E-state index in [0.29, 0.717) is 35.9 Å². The van der Waals surface area contributed by atoms with Gasteiger partial charge in [0.05, 0.1) is 17.3 Å². The van der Waals surface area contributed by atoms with Crippen LogP contribution in [0.3, 0.4) is 0 Å². The molecule has 1 fully saturated rings. The molecular formula is C25H27N5O3. The van der Waals surface area contributed by atoms with Gasteiger partial charge in [-0.1, -0.05) is 24.3 Å². The largest absolute Gasteiger partial charge is 0.332 e. The van der Waals surface area contributed by atoms with Gasteiger partial charge in [-0.15, -0.1) is 0 Å². The number of piperidine rings is 1. The molecule has 2 aromatic heterocycles. The monoisotopic (exact) mass is 445 g/mol. The van der Waals surface area contributed by atoms with Crippen LogP contribution in [0.1, 0.15) is 53.6 Å². The van der Waals surface area contributed by atoms with Crippen LogP contribution >= 0.6 is 0 Å². The van der Waals surface area contributed by atoms with E-state index in [1.807, 2.05) is 35.2 Å². The number of aromatic nitrogens is 3. The predicted octanol–water partition coefficient (Wildman–Crippen LogP) is 3.34. The van der Waals surface area contributed by atoms with E-state index >= 15 is 0 Å². The second-order valence-corrected chi connectivity index (χ2v) is 8.13. The number of rotatable bonds is 6. The van der Waals surface area contributed by atoms with Gasteiger partial charge < -0.3 is 14.8 Å². The first-order valence-corrected chi connectivity index (χ1v) is 11.2. The Labute approximate surface area is 192 Å². The first-order chi connectivity index (χ1) is 16.0. The van der Waals surface area contributed by atoms with Crippen LogP contribution in [0.4, 0.5) is 5.69 Å². The van der Waals surface area contributed by atoms with E-state index in [1.165, 1.54) is 16.8 Å². The maximum absolute atomic E-state index is 13.0. The lowest BCUT2D eigenvalue weighted by Crippen LogP contribution is -2.40. The zero-order valence-electron chi connectivity index (χ0n) is 18.6. The molecule has 2 amide bonds. The molecule has 8 nitrogen and oxygen atoms in total. The fourth-order valence-electron chi connectivity index (χ4n) is 4.09. The Kier molecular flexibility index (Phi) is 6.92. The van der Waals surface area contributed by atoms with Crippen molar-refractivity contribution in [1.82, 2.24) is 19.4 Å². The van der Waals surface area contributed by atoms with Gasteiger partial charge in [0.25, 0.3) is 11.5 Å². The van der Waals surface area contributed by atoms with Crippen molar-refractivity contribution in [1.29, 1.82) is 0 Å². The predicted molar refractivity (Wildman–Crippen MR) is 125 cm³/mol. The summed E-state index contributed by atoms with van der Waals surface area (Å²) in [5, 5.41) is 2.85. The average Bonchev–Trinajstić information content (AvgIpc) is 2.84. The van der Waals surface area contributed by atoms with Crippen LogP contribution in [-0.4, -0.2) is 37.8 Å². The molecule has 1 N–H and O–H groups in total. The molecule has 170 valence electrons. The lowest BCUT2D eigenvalue weighted by Gasteiger charge is -2.35. The smallest absolute Gasteiger partial charge is 0.259 e. The van der Waals surface area contributed by atoms with Crippen LogP contribution in [0.2, 0.25) is 0 Å². The van der Waals surface area contributed by atoms with Crippen molar-refractivity contribution in [3.63, 3.8) is 0 Å². The molecule has 0 spiro atoms. The summed E-state index contributed by atoms with van der Waals surface area (Å²) in [6.45, 7) is 2.74. The number of hydrogen-bond donors (Lipinski definition) is 1. The number of hydrogen-bond acceptors (Lipinski definition) is 5. The van der Waals surface area contributed by atoms with E-state index in [0.717, 1.165) is 19.3 Å². The van der Waals surface area contributed by atoms with E-state index in [9.17, 15) is 14.4 Å². The van der Waals surface area contributed by atoms with Crippen LogP contribution in [-0.2, 0) is 11.3 Å². The van der Waals surface area contributed by atoms with E-state index in [2.05, 4.69) is 15.3 Å². The molecule has 0 unspecified atom stereocenters. The molecule has 1 atom stereocenters. The summed E-state index contributed by atoms with van der Waals surface area (Å²) in [5.41, 5.74) is 1.55. The van der Waals surface area contributed by atoms with Gasteiger partial charge in [-0.25, -0.2) is 9.97 Å². The van der Waals surface area contributed by atoms with Gasteiger partial charge >= 0.3 is 0 Å². The molecule has 1 aliphatic heterocycles. The first-order valence-electron chi connectivity index (χ1n) is 11.2. The van der Waals surface area contributed by atoms with Gasteiger partial charge in [-0.2, -0.15) is 0 Å². The molecule has 33 heavy (non-hydrogen) atoms. The summed E-state index contributed by atoms with van der Waals surface area (Å²) in [6.07, 6.45) is 6.13. The summed E-state index contributed by atoms with van der Waals surface area (Å²) < 4.78 is 1.54. The van der Waals surface area contributed by atoms with Gasteiger partial charge in [0, 0.05) is 43.7 Å². The summed E-state index contributed by atoms with van der Waals surface area (Å²) in [5.74, 6) is 0.256. The number of aryl methyl sites for hydroxylation is 2. The molecule has 1 aliphatic rings. The highest BCUT2D eigenvalue weighted by atomic mass is 16.2. The number of benzene rings is 1. The minimum Gasteiger partial charge on any atom is -0.332 e. The molecular weight excluding hydrogens is 418 g/mol. The zero-order chi connectivity index (χ0) is 23.2. The molecule has 8 heteroatoms. The van der Waals surface area contributed by atoms with Crippen molar-refractivity contribution in [2.75, 3.05) is 11.9 Å². The van der Waals surface area contributed by atoms with Gasteiger partial charge in [-0.3, -0.25) is 14.4 Å². The topological polar surface area (TPSA) is 97.2 Å². The highest BCUT2D eigenvalue weighted by Crippen LogP contribution is 2.30. The summed E-state index contributed by atoms with van der Waals surface area (Å²) in [7, 11) is 0. The Hall–Kier alpha value is -3.81. The number of likely N-dealkylation sites (tertiary alicyclic amines) is 1. The molecule has 3 heterocycles. The minimum absolute atomic E-state index is 0.0254. The lowest BCUT2D eigenvalue weighted by molar-refractivity contribution is -0.135. The maximum atomic E-state index is 13.0. The van der Waals surface area contributed by atoms with Crippen molar-refractivity contribution in [3.8, 4) is 0 Å². The summed E-state index contributed by atoms with van der Waals surface area (Å²) in [4.78, 5) is 48.5. The molecule has 0 radical (unpaired) electrons. The standard InChI is InChI=1S/C25H27N5O3/c1-18-20(25(33)28-19-9-3-2-4-10-19)17-26-24(27-18)21-11-5-8-15-30(21)23(32)13-16-29-14-7-6-12-22(29)31/h2-4,6-7,9-10,12,14,17,21H,5,8,11,13,15-16H2,1H3,(H,28,33)/t21-/m0/s1. The van der Waals surface area contributed by atoms with E-state index in [4.69, 9.17) is 0 Å². The lowest BCUT2D eigenvalue weighted by atomic mass is 10.0. The van der Waals surface area contributed by atoms with Crippen LogP contribution in [0.25, 0.3) is 0 Å². The van der Waals surface area contributed by atoms with Crippen LogP contribution < -0.4 is 10.9 Å². The third-order valence-electron chi connectivity index (χ3n) is 5.86. The normalized spacial score (nSPS) is 15.8. The number of pyridine rings is 1. The summed E-state index contributed by atoms with van der Waals surface area (Å²) in [6, 6.07) is 13.9. The SMILES string of the molecule is Cc1nc([C@@H]2CCCCN2C(=O)CCn2ccccc2=O)ncc1C(=O)Nc1ccccc1. The molecule has 0 saturated carbocycles. The highest BCUT2D eigenvalue weighted by Gasteiger charge is 2.30. The minimum atomic E-state index is -0.268. The van der Waals surface area contributed by atoms with Crippen LogP contribution in [0.15, 0.2) is 65.7 Å². The third-order valence-corrected chi connectivity index (χ3v) is 5.86. The third kappa shape index (κ3) is 5.34. The first kappa shape index (κ1) is 22.4. The van der Waals surface area contributed by atoms with Crippen molar-refractivity contribution in [3.05, 3.63) is 88.4 Å². The Balaban J connectivity index is 1.47. The van der Waals surface area contributed by atoms with Crippen molar-refractivity contribution >= 4 is 17.5 Å². The van der Waals surface area contributed by atoms with Gasteiger partial charge in [0.2, 0.25) is 5.91 Å². The Morgan fingerprint density at radius 3 is 2.64 bits per heavy atom. The van der Waals surface area contributed by atoms with Gasteiger partial charge in [-0.05, 0) is 44.4 Å². The van der Waals surface area contributed by atoms with E-state index in [-0.39, 0.29) is 29.8 Å². The van der Waals surface area contributed by atoms with Crippen molar-refractivity contribution < 1.29 is 9.59 Å². The second kappa shape index (κ2) is 10.2. The van der Waals surface area contributed by atoms with Gasteiger partial charge in [0.1, 0.15) is 0 Å². The number of para-hydroxylation sites is 1.